The standard InChI is InChI=1S/C16H21N3O/c1-11-18-14(19-20-11)10-17-15-13-7-5-4-6-12(13)8-9-16(15,2)3/h4-7,15,17H,8-10H2,1-3H3. The average Bonchev–Trinajstić information content (AvgIpc) is 2.83. The van der Waals surface area contributed by atoms with Gasteiger partial charge in [0.1, 0.15) is 0 Å². The molecule has 0 radical (unpaired) electrons. The van der Waals surface area contributed by atoms with Gasteiger partial charge in [-0.25, -0.2) is 0 Å². The number of nitrogens with zero attached hydrogens (tertiary/aromatic N) is 2. The van der Waals surface area contributed by atoms with E-state index in [9.17, 15) is 0 Å². The summed E-state index contributed by atoms with van der Waals surface area (Å²) in [5.74, 6) is 1.34. The lowest BCUT2D eigenvalue weighted by atomic mass is 9.70. The van der Waals surface area contributed by atoms with Gasteiger partial charge < -0.3 is 9.84 Å². The number of rotatable bonds is 3. The van der Waals surface area contributed by atoms with Gasteiger partial charge in [-0.2, -0.15) is 4.98 Å². The van der Waals surface area contributed by atoms with Crippen LogP contribution in [0.5, 0.6) is 0 Å². The number of fused-ring (bicyclic) bond motifs is 1. The first kappa shape index (κ1) is 13.3. The molecule has 20 heavy (non-hydrogen) atoms. The molecule has 1 N–H and O–H groups in total. The predicted molar refractivity (Wildman–Crippen MR) is 77.2 cm³/mol. The molecule has 0 amide bonds. The van der Waals surface area contributed by atoms with Crippen molar-refractivity contribution in [1.82, 2.24) is 15.5 Å². The second-order valence-corrected chi connectivity index (χ2v) is 6.23. The van der Waals surface area contributed by atoms with Crippen LogP contribution in [0.4, 0.5) is 0 Å². The van der Waals surface area contributed by atoms with Gasteiger partial charge in [-0.1, -0.05) is 43.3 Å². The second kappa shape index (κ2) is 5.02. The maximum absolute atomic E-state index is 5.02. The van der Waals surface area contributed by atoms with Crippen LogP contribution in [0.15, 0.2) is 28.8 Å². The fraction of sp³-hybridized carbons (Fsp3) is 0.500. The topological polar surface area (TPSA) is 51.0 Å². The lowest BCUT2D eigenvalue weighted by Gasteiger charge is -2.40. The van der Waals surface area contributed by atoms with Crippen LogP contribution < -0.4 is 5.32 Å². The van der Waals surface area contributed by atoms with Gasteiger partial charge in [0, 0.05) is 13.0 Å². The number of nitrogens with one attached hydrogen (secondary N) is 1. The zero-order valence-electron chi connectivity index (χ0n) is 12.3. The zero-order valence-corrected chi connectivity index (χ0v) is 12.3. The molecule has 3 rings (SSSR count). The summed E-state index contributed by atoms with van der Waals surface area (Å²) in [5, 5.41) is 7.57. The molecule has 0 fully saturated rings. The van der Waals surface area contributed by atoms with E-state index in [1.807, 2.05) is 6.92 Å². The van der Waals surface area contributed by atoms with Gasteiger partial charge >= 0.3 is 0 Å². The van der Waals surface area contributed by atoms with Gasteiger partial charge in [0.2, 0.25) is 5.89 Å². The highest BCUT2D eigenvalue weighted by molar-refractivity contribution is 5.34. The Kier molecular flexibility index (Phi) is 3.34. The summed E-state index contributed by atoms with van der Waals surface area (Å²) in [6, 6.07) is 9.03. The molecule has 1 aromatic heterocycles. The molecule has 106 valence electrons. The highest BCUT2D eigenvalue weighted by Gasteiger charge is 2.35. The van der Waals surface area contributed by atoms with Crippen molar-refractivity contribution in [3.63, 3.8) is 0 Å². The Bertz CT molecular complexity index is 603. The molecule has 0 saturated heterocycles. The Balaban J connectivity index is 1.82. The van der Waals surface area contributed by atoms with Crippen molar-refractivity contribution in [2.45, 2.75) is 46.2 Å². The highest BCUT2D eigenvalue weighted by atomic mass is 16.5. The van der Waals surface area contributed by atoms with E-state index in [1.54, 1.807) is 0 Å². The quantitative estimate of drug-likeness (QED) is 0.931. The lowest BCUT2D eigenvalue weighted by Crippen LogP contribution is -2.38. The number of hydrogen-bond acceptors (Lipinski definition) is 4. The number of aromatic nitrogens is 2. The largest absolute Gasteiger partial charge is 0.340 e. The van der Waals surface area contributed by atoms with Crippen molar-refractivity contribution in [3.05, 3.63) is 47.1 Å². The Morgan fingerprint density at radius 3 is 2.90 bits per heavy atom. The van der Waals surface area contributed by atoms with Gasteiger partial charge in [-0.3, -0.25) is 0 Å². The highest BCUT2D eigenvalue weighted by Crippen LogP contribution is 2.43. The Hall–Kier alpha value is -1.68. The van der Waals surface area contributed by atoms with Crippen LogP contribution in [0.3, 0.4) is 0 Å². The molecular weight excluding hydrogens is 250 g/mol. The third kappa shape index (κ3) is 2.48. The SMILES string of the molecule is Cc1nc(CNC2c3ccccc3CCC2(C)C)no1. The van der Waals surface area contributed by atoms with Crippen LogP contribution in [0, 0.1) is 12.3 Å². The maximum atomic E-state index is 5.02. The van der Waals surface area contributed by atoms with E-state index in [0.29, 0.717) is 18.5 Å². The van der Waals surface area contributed by atoms with Crippen LogP contribution in [0.2, 0.25) is 0 Å². The van der Waals surface area contributed by atoms with Crippen molar-refractivity contribution in [2.75, 3.05) is 0 Å². The summed E-state index contributed by atoms with van der Waals surface area (Å²) in [7, 11) is 0. The second-order valence-electron chi connectivity index (χ2n) is 6.23. The molecule has 1 aliphatic carbocycles. The number of hydrogen-bond donors (Lipinski definition) is 1. The Morgan fingerprint density at radius 1 is 1.35 bits per heavy atom. The van der Waals surface area contributed by atoms with Crippen LogP contribution in [0.25, 0.3) is 0 Å². The fourth-order valence-corrected chi connectivity index (χ4v) is 3.06. The predicted octanol–water partition coefficient (Wildman–Crippen LogP) is 3.18. The van der Waals surface area contributed by atoms with Crippen molar-refractivity contribution < 1.29 is 4.52 Å². The van der Waals surface area contributed by atoms with Gasteiger partial charge in [-0.05, 0) is 29.4 Å². The molecular formula is C16H21N3O. The summed E-state index contributed by atoms with van der Waals surface area (Å²) in [6.07, 6.45) is 2.34. The molecule has 1 aliphatic rings. The third-order valence-electron chi connectivity index (χ3n) is 4.22. The van der Waals surface area contributed by atoms with Gasteiger partial charge in [0.15, 0.2) is 5.82 Å². The van der Waals surface area contributed by atoms with Crippen molar-refractivity contribution in [2.24, 2.45) is 5.41 Å². The van der Waals surface area contributed by atoms with E-state index in [0.717, 1.165) is 12.2 Å². The summed E-state index contributed by atoms with van der Waals surface area (Å²) < 4.78 is 5.02. The van der Waals surface area contributed by atoms with Gasteiger partial charge in [0.25, 0.3) is 0 Å². The van der Waals surface area contributed by atoms with Crippen LogP contribution >= 0.6 is 0 Å². The molecule has 0 spiro atoms. The van der Waals surface area contributed by atoms with Gasteiger partial charge in [-0.15, -0.1) is 0 Å². The van der Waals surface area contributed by atoms with Crippen molar-refractivity contribution in [1.29, 1.82) is 0 Å². The molecule has 1 unspecified atom stereocenters. The molecule has 4 nitrogen and oxygen atoms in total. The molecule has 0 bridgehead atoms. The minimum absolute atomic E-state index is 0.229. The Labute approximate surface area is 119 Å². The fourth-order valence-electron chi connectivity index (χ4n) is 3.06. The van der Waals surface area contributed by atoms with Crippen LogP contribution in [-0.2, 0) is 13.0 Å². The van der Waals surface area contributed by atoms with E-state index < -0.39 is 0 Å². The lowest BCUT2D eigenvalue weighted by molar-refractivity contribution is 0.206. The van der Waals surface area contributed by atoms with Gasteiger partial charge in [0.05, 0.1) is 6.54 Å². The maximum Gasteiger partial charge on any atom is 0.223 e. The van der Waals surface area contributed by atoms with Crippen LogP contribution in [-0.4, -0.2) is 10.1 Å². The third-order valence-corrected chi connectivity index (χ3v) is 4.22. The van der Waals surface area contributed by atoms with Crippen LogP contribution in [0.1, 0.15) is 49.2 Å². The first-order chi connectivity index (χ1) is 9.56. The molecule has 0 aliphatic heterocycles. The monoisotopic (exact) mass is 271 g/mol. The summed E-state index contributed by atoms with van der Waals surface area (Å²) in [6.45, 7) is 7.10. The van der Waals surface area contributed by atoms with E-state index in [2.05, 4.69) is 53.6 Å². The number of benzene rings is 1. The van der Waals surface area contributed by atoms with E-state index in [1.165, 1.54) is 17.5 Å². The summed E-state index contributed by atoms with van der Waals surface area (Å²) >= 11 is 0. The molecule has 0 saturated carbocycles. The first-order valence-electron chi connectivity index (χ1n) is 7.17. The minimum atomic E-state index is 0.229. The van der Waals surface area contributed by atoms with E-state index in [4.69, 9.17) is 4.52 Å². The summed E-state index contributed by atoms with van der Waals surface area (Å²) in [5.41, 5.74) is 3.09. The first-order valence-corrected chi connectivity index (χ1v) is 7.17. The smallest absolute Gasteiger partial charge is 0.223 e. The molecule has 1 atom stereocenters. The van der Waals surface area contributed by atoms with E-state index >= 15 is 0 Å². The molecule has 4 heteroatoms. The number of aryl methyl sites for hydroxylation is 2. The molecule has 1 aromatic carbocycles. The minimum Gasteiger partial charge on any atom is -0.340 e. The Morgan fingerprint density at radius 2 is 2.15 bits per heavy atom. The van der Waals surface area contributed by atoms with Crippen molar-refractivity contribution >= 4 is 0 Å². The van der Waals surface area contributed by atoms with E-state index in [-0.39, 0.29) is 5.41 Å². The zero-order chi connectivity index (χ0) is 14.2. The average molecular weight is 271 g/mol. The molecule has 1 heterocycles. The summed E-state index contributed by atoms with van der Waals surface area (Å²) in [4.78, 5) is 4.26. The molecule has 2 aromatic rings. The van der Waals surface area contributed by atoms with Crippen molar-refractivity contribution in [3.8, 4) is 0 Å². The normalized spacial score (nSPS) is 20.6.